The van der Waals surface area contributed by atoms with Crippen molar-refractivity contribution in [2.45, 2.75) is 51.4 Å². The third-order valence-corrected chi connectivity index (χ3v) is 5.45. The summed E-state index contributed by atoms with van der Waals surface area (Å²) in [4.78, 5) is 12.4. The van der Waals surface area contributed by atoms with Crippen LogP contribution in [0.15, 0.2) is 6.07 Å². The molecule has 2 aliphatic rings. The Bertz CT molecular complexity index is 565. The van der Waals surface area contributed by atoms with Gasteiger partial charge in [0.2, 0.25) is 0 Å². The summed E-state index contributed by atoms with van der Waals surface area (Å²) >= 11 is 5.83. The zero-order chi connectivity index (χ0) is 14.4. The lowest BCUT2D eigenvalue weighted by atomic mass is 9.75. The monoisotopic (exact) mass is 292 g/mol. The Balaban J connectivity index is 2.22. The van der Waals surface area contributed by atoms with Gasteiger partial charge in [0.25, 0.3) is 0 Å². The number of carbonyl (C=O) groups excluding carboxylic acids is 1. The summed E-state index contributed by atoms with van der Waals surface area (Å²) in [6.45, 7) is 4.01. The zero-order valence-corrected chi connectivity index (χ0v) is 12.8. The Kier molecular flexibility index (Phi) is 3.53. The second kappa shape index (κ2) is 5.07. The number of fused-ring (bicyclic) bond motifs is 3. The molecule has 0 aliphatic heterocycles. The van der Waals surface area contributed by atoms with Crippen molar-refractivity contribution in [3.63, 3.8) is 0 Å². The minimum Gasteiger partial charge on any atom is -0.507 e. The van der Waals surface area contributed by atoms with Gasteiger partial charge in [0.15, 0.2) is 5.78 Å². The summed E-state index contributed by atoms with van der Waals surface area (Å²) in [5.41, 5.74) is 4.22. The van der Waals surface area contributed by atoms with Crippen molar-refractivity contribution in [3.8, 4) is 5.75 Å². The maximum Gasteiger partial charge on any atom is 0.155 e. The van der Waals surface area contributed by atoms with Crippen LogP contribution in [0.1, 0.15) is 59.8 Å². The number of aromatic hydroxyl groups is 1. The highest BCUT2D eigenvalue weighted by Gasteiger charge is 2.47. The third-order valence-electron chi connectivity index (χ3n) is 5.18. The highest BCUT2D eigenvalue weighted by atomic mass is 35.5. The molecule has 20 heavy (non-hydrogen) atoms. The fourth-order valence-corrected chi connectivity index (χ4v) is 4.61. The Morgan fingerprint density at radius 1 is 1.25 bits per heavy atom. The summed E-state index contributed by atoms with van der Waals surface area (Å²) < 4.78 is 0. The fraction of sp³-hybridized carbons (Fsp3) is 0.588. The average Bonchev–Trinajstić information content (AvgIpc) is 2.79. The number of ketones is 1. The van der Waals surface area contributed by atoms with Gasteiger partial charge in [0.05, 0.1) is 11.8 Å². The van der Waals surface area contributed by atoms with E-state index in [9.17, 15) is 9.90 Å². The maximum atomic E-state index is 12.4. The highest BCUT2D eigenvalue weighted by Crippen LogP contribution is 2.57. The summed E-state index contributed by atoms with van der Waals surface area (Å²) in [6.07, 6.45) is 4.61. The van der Waals surface area contributed by atoms with Crippen molar-refractivity contribution in [3.05, 3.63) is 28.3 Å². The lowest BCUT2D eigenvalue weighted by Crippen LogP contribution is -2.23. The van der Waals surface area contributed by atoms with E-state index in [4.69, 9.17) is 11.6 Å². The smallest absolute Gasteiger partial charge is 0.155 e. The van der Waals surface area contributed by atoms with E-state index < -0.39 is 0 Å². The second-order valence-electron chi connectivity index (χ2n) is 6.32. The van der Waals surface area contributed by atoms with Crippen LogP contribution in [0.5, 0.6) is 5.75 Å². The van der Waals surface area contributed by atoms with Crippen LogP contribution < -0.4 is 0 Å². The van der Waals surface area contributed by atoms with Crippen LogP contribution >= 0.6 is 11.6 Å². The lowest BCUT2D eigenvalue weighted by Gasteiger charge is -2.29. The second-order valence-corrected chi connectivity index (χ2v) is 6.59. The first-order valence-corrected chi connectivity index (χ1v) is 8.01. The van der Waals surface area contributed by atoms with Gasteiger partial charge in [-0.1, -0.05) is 18.9 Å². The molecule has 0 heterocycles. The standard InChI is InChI=1S/C17H21ClO2/c1-9-7-10(2)17(20)16-14(9)11-5-3-4-6-12(11)15(16)13(19)8-18/h7,11-12,15,20H,3-6,8H2,1-2H3. The van der Waals surface area contributed by atoms with E-state index >= 15 is 0 Å². The predicted octanol–water partition coefficient (Wildman–Crippen LogP) is 4.19. The van der Waals surface area contributed by atoms with E-state index in [0.717, 1.165) is 24.0 Å². The normalized spacial score (nSPS) is 28.1. The molecule has 3 atom stereocenters. The fourth-order valence-electron chi connectivity index (χ4n) is 4.44. The SMILES string of the molecule is Cc1cc(C)c2c(c1O)C(C(=O)CCl)C1CCCCC21. The minimum atomic E-state index is -0.189. The van der Waals surface area contributed by atoms with E-state index in [1.807, 2.05) is 13.0 Å². The summed E-state index contributed by atoms with van der Waals surface area (Å²) in [7, 11) is 0. The molecule has 3 rings (SSSR count). The average molecular weight is 293 g/mol. The summed E-state index contributed by atoms with van der Waals surface area (Å²) in [5.74, 6) is 1.02. The summed E-state index contributed by atoms with van der Waals surface area (Å²) in [6, 6.07) is 2.05. The van der Waals surface area contributed by atoms with E-state index in [0.29, 0.717) is 17.6 Å². The summed E-state index contributed by atoms with van der Waals surface area (Å²) in [5, 5.41) is 10.5. The van der Waals surface area contributed by atoms with E-state index in [1.165, 1.54) is 24.0 Å². The molecule has 1 N–H and O–H groups in total. The topological polar surface area (TPSA) is 37.3 Å². The first-order chi connectivity index (χ1) is 9.56. The number of alkyl halides is 1. The molecule has 0 spiro atoms. The molecule has 1 aromatic carbocycles. The maximum absolute atomic E-state index is 12.4. The van der Waals surface area contributed by atoms with Crippen LogP contribution in [-0.2, 0) is 4.79 Å². The molecule has 3 unspecified atom stereocenters. The molecule has 3 heteroatoms. The van der Waals surface area contributed by atoms with Crippen molar-refractivity contribution in [1.29, 1.82) is 0 Å². The molecule has 1 fully saturated rings. The molecule has 0 saturated heterocycles. The van der Waals surface area contributed by atoms with Crippen molar-refractivity contribution >= 4 is 17.4 Å². The van der Waals surface area contributed by atoms with Crippen LogP contribution in [0.2, 0.25) is 0 Å². The molecule has 0 aromatic heterocycles. The molecule has 2 aliphatic carbocycles. The first kappa shape index (κ1) is 13.9. The van der Waals surface area contributed by atoms with Crippen LogP contribution in [-0.4, -0.2) is 16.8 Å². The number of halogens is 1. The van der Waals surface area contributed by atoms with Gasteiger partial charge in [-0.05, 0) is 55.2 Å². The number of benzene rings is 1. The van der Waals surface area contributed by atoms with Crippen molar-refractivity contribution in [1.82, 2.24) is 0 Å². The Morgan fingerprint density at radius 3 is 2.65 bits per heavy atom. The number of phenolic OH excluding ortho intramolecular Hbond substituents is 1. The van der Waals surface area contributed by atoms with E-state index in [-0.39, 0.29) is 17.6 Å². The van der Waals surface area contributed by atoms with Gasteiger partial charge in [-0.3, -0.25) is 4.79 Å². The molecule has 0 radical (unpaired) electrons. The van der Waals surface area contributed by atoms with Crippen LogP contribution in [0.25, 0.3) is 0 Å². The van der Waals surface area contributed by atoms with Crippen LogP contribution in [0.4, 0.5) is 0 Å². The number of carbonyl (C=O) groups is 1. The molecule has 0 amide bonds. The first-order valence-electron chi connectivity index (χ1n) is 7.48. The highest BCUT2D eigenvalue weighted by molar-refractivity contribution is 6.28. The number of hydrogen-bond acceptors (Lipinski definition) is 2. The van der Waals surface area contributed by atoms with Crippen LogP contribution in [0, 0.1) is 19.8 Å². The Labute approximate surface area is 125 Å². The van der Waals surface area contributed by atoms with Crippen molar-refractivity contribution in [2.24, 2.45) is 5.92 Å². The molecular weight excluding hydrogens is 272 g/mol. The molecule has 108 valence electrons. The largest absolute Gasteiger partial charge is 0.507 e. The quantitative estimate of drug-likeness (QED) is 0.830. The zero-order valence-electron chi connectivity index (χ0n) is 12.1. The lowest BCUT2D eigenvalue weighted by molar-refractivity contribution is -0.119. The number of phenols is 1. The Hall–Kier alpha value is -1.02. The van der Waals surface area contributed by atoms with Gasteiger partial charge in [-0.15, -0.1) is 11.6 Å². The minimum absolute atomic E-state index is 0.0414. The molecule has 1 saturated carbocycles. The number of Topliss-reactive ketones (excluding diaryl/α,β-unsaturated/α-hetero) is 1. The number of aryl methyl sites for hydroxylation is 2. The molecule has 2 nitrogen and oxygen atoms in total. The van der Waals surface area contributed by atoms with Gasteiger partial charge in [-0.2, -0.15) is 0 Å². The number of hydrogen-bond donors (Lipinski definition) is 1. The van der Waals surface area contributed by atoms with Gasteiger partial charge in [-0.25, -0.2) is 0 Å². The molecule has 1 aromatic rings. The van der Waals surface area contributed by atoms with Gasteiger partial charge in [0, 0.05) is 5.56 Å². The Morgan fingerprint density at radius 2 is 1.95 bits per heavy atom. The van der Waals surface area contributed by atoms with Crippen molar-refractivity contribution < 1.29 is 9.90 Å². The van der Waals surface area contributed by atoms with Crippen LogP contribution in [0.3, 0.4) is 0 Å². The van der Waals surface area contributed by atoms with Gasteiger partial charge >= 0.3 is 0 Å². The van der Waals surface area contributed by atoms with Crippen molar-refractivity contribution in [2.75, 3.05) is 5.88 Å². The third kappa shape index (κ3) is 1.88. The predicted molar refractivity (Wildman–Crippen MR) is 80.7 cm³/mol. The number of rotatable bonds is 2. The van der Waals surface area contributed by atoms with E-state index in [1.54, 1.807) is 0 Å². The molecule has 0 bridgehead atoms. The van der Waals surface area contributed by atoms with E-state index in [2.05, 4.69) is 6.92 Å². The van der Waals surface area contributed by atoms with Gasteiger partial charge in [0.1, 0.15) is 5.75 Å². The molecular formula is C17H21ClO2. The van der Waals surface area contributed by atoms with Gasteiger partial charge < -0.3 is 5.11 Å².